The zero-order valence-corrected chi connectivity index (χ0v) is 14.1. The summed E-state index contributed by atoms with van der Waals surface area (Å²) in [5, 5.41) is 7.75. The smallest absolute Gasteiger partial charge is 0.265 e. The Balaban J connectivity index is 2.10. The van der Waals surface area contributed by atoms with Crippen LogP contribution in [0, 0.1) is 5.41 Å². The van der Waals surface area contributed by atoms with Gasteiger partial charge in [-0.05, 0) is 29.6 Å². The molecule has 0 atom stereocenters. The Labute approximate surface area is 138 Å². The molecule has 0 spiro atoms. The molecule has 0 aliphatic carbocycles. The zero-order valence-electron chi connectivity index (χ0n) is 12.6. The molecule has 2 amide bonds. The number of benzene rings is 1. The highest BCUT2D eigenvalue weighted by Gasteiger charge is 2.21. The van der Waals surface area contributed by atoms with Crippen molar-refractivity contribution in [1.29, 1.82) is 0 Å². The number of carbonyl (C=O) groups excluding carboxylic acids is 2. The molecule has 2 rings (SSSR count). The van der Waals surface area contributed by atoms with Gasteiger partial charge in [-0.25, -0.2) is 0 Å². The second-order valence-corrected chi connectivity index (χ2v) is 7.19. The average molecular weight is 337 g/mol. The summed E-state index contributed by atoms with van der Waals surface area (Å²) < 4.78 is 0. The summed E-state index contributed by atoms with van der Waals surface area (Å²) in [4.78, 5) is 24.5. The Morgan fingerprint density at radius 3 is 2.41 bits per heavy atom. The average Bonchev–Trinajstić information content (AvgIpc) is 2.94. The van der Waals surface area contributed by atoms with Crippen LogP contribution in [-0.2, 0) is 4.79 Å². The number of carbonyl (C=O) groups is 2. The second kappa shape index (κ2) is 6.50. The first-order chi connectivity index (χ1) is 10.3. The fourth-order valence-electron chi connectivity index (χ4n) is 1.60. The maximum atomic E-state index is 12.0. The van der Waals surface area contributed by atoms with Gasteiger partial charge >= 0.3 is 0 Å². The molecule has 22 heavy (non-hydrogen) atoms. The van der Waals surface area contributed by atoms with Gasteiger partial charge in [-0.15, -0.1) is 11.3 Å². The van der Waals surface area contributed by atoms with Crippen LogP contribution in [0.25, 0.3) is 0 Å². The van der Waals surface area contributed by atoms with Gasteiger partial charge in [-0.3, -0.25) is 9.59 Å². The Bertz CT molecular complexity index is 691. The molecule has 0 aliphatic heterocycles. The summed E-state index contributed by atoms with van der Waals surface area (Å²) in [6.45, 7) is 5.50. The molecule has 2 N–H and O–H groups in total. The molecule has 0 bridgehead atoms. The number of hydrogen-bond acceptors (Lipinski definition) is 3. The van der Waals surface area contributed by atoms with Gasteiger partial charge < -0.3 is 10.6 Å². The van der Waals surface area contributed by atoms with Crippen LogP contribution in [-0.4, -0.2) is 11.8 Å². The summed E-state index contributed by atoms with van der Waals surface area (Å²) in [5.74, 6) is -0.303. The molecule has 116 valence electrons. The topological polar surface area (TPSA) is 58.2 Å². The number of hydrogen-bond donors (Lipinski definition) is 2. The van der Waals surface area contributed by atoms with Crippen LogP contribution in [0.1, 0.15) is 30.4 Å². The lowest BCUT2D eigenvalue weighted by Gasteiger charge is -2.18. The van der Waals surface area contributed by atoms with Gasteiger partial charge in [0.1, 0.15) is 0 Å². The molecule has 0 radical (unpaired) electrons. The van der Waals surface area contributed by atoms with Crippen molar-refractivity contribution in [2.45, 2.75) is 20.8 Å². The number of anilines is 2. The molecular weight excluding hydrogens is 320 g/mol. The third kappa shape index (κ3) is 4.08. The summed E-state index contributed by atoms with van der Waals surface area (Å²) in [5.41, 5.74) is 0.617. The zero-order chi connectivity index (χ0) is 16.3. The molecule has 1 aromatic carbocycles. The maximum absolute atomic E-state index is 12.0. The monoisotopic (exact) mass is 336 g/mol. The van der Waals surface area contributed by atoms with Crippen LogP contribution >= 0.6 is 22.9 Å². The van der Waals surface area contributed by atoms with Crippen molar-refractivity contribution in [3.63, 3.8) is 0 Å². The largest absolute Gasteiger partial charge is 0.326 e. The van der Waals surface area contributed by atoms with E-state index in [1.54, 1.807) is 24.3 Å². The third-order valence-electron chi connectivity index (χ3n) is 2.90. The Morgan fingerprint density at radius 1 is 1.14 bits per heavy atom. The number of nitrogens with one attached hydrogen (secondary N) is 2. The SMILES string of the molecule is CC(C)(C)C(=O)Nc1ccc(NC(=O)c2cccs2)c(Cl)c1. The van der Waals surface area contributed by atoms with Crippen LogP contribution in [0.3, 0.4) is 0 Å². The van der Waals surface area contributed by atoms with E-state index in [0.717, 1.165) is 0 Å². The number of amides is 2. The van der Waals surface area contributed by atoms with Crippen molar-refractivity contribution in [3.05, 3.63) is 45.6 Å². The number of halogens is 1. The van der Waals surface area contributed by atoms with Crippen LogP contribution in [0.15, 0.2) is 35.7 Å². The first-order valence-electron chi connectivity index (χ1n) is 6.73. The predicted molar refractivity (Wildman–Crippen MR) is 91.8 cm³/mol. The summed E-state index contributed by atoms with van der Waals surface area (Å²) in [7, 11) is 0. The van der Waals surface area contributed by atoms with E-state index in [1.807, 2.05) is 32.2 Å². The maximum Gasteiger partial charge on any atom is 0.265 e. The lowest BCUT2D eigenvalue weighted by molar-refractivity contribution is -0.123. The van der Waals surface area contributed by atoms with E-state index >= 15 is 0 Å². The van der Waals surface area contributed by atoms with Gasteiger partial charge in [0, 0.05) is 11.1 Å². The fourth-order valence-corrected chi connectivity index (χ4v) is 2.45. The van der Waals surface area contributed by atoms with E-state index in [2.05, 4.69) is 10.6 Å². The van der Waals surface area contributed by atoms with E-state index < -0.39 is 5.41 Å². The molecule has 0 unspecified atom stereocenters. The van der Waals surface area contributed by atoms with E-state index in [0.29, 0.717) is 21.3 Å². The van der Waals surface area contributed by atoms with Crippen molar-refractivity contribution in [2.75, 3.05) is 10.6 Å². The van der Waals surface area contributed by atoms with Gasteiger partial charge in [0.15, 0.2) is 0 Å². The molecule has 6 heteroatoms. The minimum atomic E-state index is -0.488. The van der Waals surface area contributed by atoms with Crippen LogP contribution in [0.2, 0.25) is 5.02 Å². The van der Waals surface area contributed by atoms with Crippen molar-refractivity contribution in [2.24, 2.45) is 5.41 Å². The van der Waals surface area contributed by atoms with Crippen molar-refractivity contribution in [1.82, 2.24) is 0 Å². The third-order valence-corrected chi connectivity index (χ3v) is 4.08. The van der Waals surface area contributed by atoms with E-state index in [9.17, 15) is 9.59 Å². The summed E-state index contributed by atoms with van der Waals surface area (Å²) in [6, 6.07) is 8.55. The Morgan fingerprint density at radius 2 is 1.86 bits per heavy atom. The highest BCUT2D eigenvalue weighted by Crippen LogP contribution is 2.27. The lowest BCUT2D eigenvalue weighted by Crippen LogP contribution is -2.27. The van der Waals surface area contributed by atoms with Gasteiger partial charge in [0.2, 0.25) is 5.91 Å². The first kappa shape index (κ1) is 16.5. The Kier molecular flexibility index (Phi) is 4.88. The molecule has 2 aromatic rings. The molecule has 4 nitrogen and oxygen atoms in total. The molecule has 1 aromatic heterocycles. The molecule has 0 saturated carbocycles. The molecule has 0 saturated heterocycles. The molecule has 1 heterocycles. The van der Waals surface area contributed by atoms with E-state index in [1.165, 1.54) is 11.3 Å². The van der Waals surface area contributed by atoms with Crippen molar-refractivity contribution >= 4 is 46.1 Å². The van der Waals surface area contributed by atoms with Crippen LogP contribution in [0.5, 0.6) is 0 Å². The summed E-state index contributed by atoms with van der Waals surface area (Å²) in [6.07, 6.45) is 0. The Hall–Kier alpha value is -1.85. The molecular formula is C16H17ClN2O2S. The van der Waals surface area contributed by atoms with E-state index in [4.69, 9.17) is 11.6 Å². The lowest BCUT2D eigenvalue weighted by atomic mass is 9.95. The number of rotatable bonds is 3. The summed E-state index contributed by atoms with van der Waals surface area (Å²) >= 11 is 7.53. The van der Waals surface area contributed by atoms with Gasteiger partial charge in [0.25, 0.3) is 5.91 Å². The van der Waals surface area contributed by atoms with E-state index in [-0.39, 0.29) is 11.8 Å². The van der Waals surface area contributed by atoms with Crippen molar-refractivity contribution < 1.29 is 9.59 Å². The second-order valence-electron chi connectivity index (χ2n) is 5.83. The van der Waals surface area contributed by atoms with Gasteiger partial charge in [0.05, 0.1) is 15.6 Å². The quantitative estimate of drug-likeness (QED) is 0.857. The minimum absolute atomic E-state index is 0.0982. The predicted octanol–water partition coefficient (Wildman–Crippen LogP) is 4.64. The molecule has 0 fully saturated rings. The minimum Gasteiger partial charge on any atom is -0.326 e. The molecule has 0 aliphatic rings. The first-order valence-corrected chi connectivity index (χ1v) is 7.99. The standard InChI is InChI=1S/C16H17ClN2O2S/c1-16(2,3)15(21)18-10-6-7-12(11(17)9-10)19-14(20)13-5-4-8-22-13/h4-9H,1-3H3,(H,18,21)(H,19,20). The van der Waals surface area contributed by atoms with Gasteiger partial charge in [-0.2, -0.15) is 0 Å². The van der Waals surface area contributed by atoms with Gasteiger partial charge in [-0.1, -0.05) is 38.4 Å². The highest BCUT2D eigenvalue weighted by atomic mass is 35.5. The highest BCUT2D eigenvalue weighted by molar-refractivity contribution is 7.12. The van der Waals surface area contributed by atoms with Crippen molar-refractivity contribution in [3.8, 4) is 0 Å². The van der Waals surface area contributed by atoms with Crippen LogP contribution < -0.4 is 10.6 Å². The normalized spacial score (nSPS) is 11.1. The number of thiophene rings is 1. The van der Waals surface area contributed by atoms with Crippen LogP contribution in [0.4, 0.5) is 11.4 Å². The fraction of sp³-hybridized carbons (Fsp3) is 0.250.